The van der Waals surface area contributed by atoms with Crippen LogP contribution in [0.3, 0.4) is 0 Å². The number of alkyl carbamates (subject to hydrolysis) is 1. The summed E-state index contributed by atoms with van der Waals surface area (Å²) in [7, 11) is -3.18. The molecule has 0 saturated heterocycles. The highest BCUT2D eigenvalue weighted by atomic mass is 32.2. The molecular formula is C16H25N3O4S. The highest BCUT2D eigenvalue weighted by molar-refractivity contribution is 7.89. The summed E-state index contributed by atoms with van der Waals surface area (Å²) in [5, 5.41) is 6.00. The van der Waals surface area contributed by atoms with Gasteiger partial charge in [0, 0.05) is 25.2 Å². The molecule has 7 nitrogen and oxygen atoms in total. The van der Waals surface area contributed by atoms with Gasteiger partial charge < -0.3 is 15.4 Å². The van der Waals surface area contributed by atoms with Crippen LogP contribution >= 0.6 is 0 Å². The van der Waals surface area contributed by atoms with Gasteiger partial charge in [0.2, 0.25) is 10.0 Å². The molecule has 0 aliphatic heterocycles. The molecule has 1 aliphatic rings. The number of carbonyl (C=O) groups is 1. The SMILES string of the molecule is CCNS(=O)(=O)CCNC1CC(NC(=O)OCc2ccccc2)C1. The Kier molecular flexibility index (Phi) is 7.01. The zero-order chi connectivity index (χ0) is 17.4. The van der Waals surface area contributed by atoms with E-state index in [0.29, 0.717) is 13.1 Å². The van der Waals surface area contributed by atoms with Gasteiger partial charge in [-0.2, -0.15) is 0 Å². The number of hydrogen-bond donors (Lipinski definition) is 3. The van der Waals surface area contributed by atoms with Crippen LogP contribution in [0, 0.1) is 0 Å². The van der Waals surface area contributed by atoms with Crippen LogP contribution in [-0.2, 0) is 21.4 Å². The Morgan fingerprint density at radius 1 is 1.21 bits per heavy atom. The van der Waals surface area contributed by atoms with E-state index < -0.39 is 16.1 Å². The van der Waals surface area contributed by atoms with Gasteiger partial charge in [-0.15, -0.1) is 0 Å². The number of nitrogens with one attached hydrogen (secondary N) is 3. The number of amides is 1. The molecule has 1 fully saturated rings. The molecular weight excluding hydrogens is 330 g/mol. The van der Waals surface area contributed by atoms with Gasteiger partial charge in [0.05, 0.1) is 5.75 Å². The predicted molar refractivity (Wildman–Crippen MR) is 92.0 cm³/mol. The van der Waals surface area contributed by atoms with E-state index in [1.54, 1.807) is 6.92 Å². The molecule has 0 unspecified atom stereocenters. The molecule has 1 saturated carbocycles. The third-order valence-electron chi connectivity index (χ3n) is 3.84. The predicted octanol–water partition coefficient (Wildman–Crippen LogP) is 0.973. The van der Waals surface area contributed by atoms with Crippen LogP contribution in [0.1, 0.15) is 25.3 Å². The van der Waals surface area contributed by atoms with Gasteiger partial charge in [-0.05, 0) is 18.4 Å². The van der Waals surface area contributed by atoms with Gasteiger partial charge in [-0.25, -0.2) is 17.9 Å². The van der Waals surface area contributed by atoms with Gasteiger partial charge >= 0.3 is 6.09 Å². The third-order valence-corrected chi connectivity index (χ3v) is 5.31. The smallest absolute Gasteiger partial charge is 0.407 e. The van der Waals surface area contributed by atoms with Crippen molar-refractivity contribution in [1.29, 1.82) is 0 Å². The molecule has 1 aliphatic carbocycles. The first-order valence-corrected chi connectivity index (χ1v) is 9.81. The Morgan fingerprint density at radius 2 is 1.92 bits per heavy atom. The van der Waals surface area contributed by atoms with Crippen molar-refractivity contribution in [1.82, 2.24) is 15.4 Å². The van der Waals surface area contributed by atoms with Crippen LogP contribution in [-0.4, -0.2) is 45.4 Å². The Bertz CT molecular complexity index is 615. The fraction of sp³-hybridized carbons (Fsp3) is 0.562. The molecule has 0 atom stereocenters. The minimum absolute atomic E-state index is 0.0640. The Balaban J connectivity index is 1.55. The molecule has 1 aromatic carbocycles. The molecule has 2 rings (SSSR count). The van der Waals surface area contributed by atoms with E-state index in [1.807, 2.05) is 30.3 Å². The average molecular weight is 355 g/mol. The molecule has 3 N–H and O–H groups in total. The van der Waals surface area contributed by atoms with Crippen LogP contribution < -0.4 is 15.4 Å². The van der Waals surface area contributed by atoms with Gasteiger partial charge in [0.25, 0.3) is 0 Å². The zero-order valence-corrected chi connectivity index (χ0v) is 14.6. The van der Waals surface area contributed by atoms with Crippen LogP contribution in [0.4, 0.5) is 4.79 Å². The summed E-state index contributed by atoms with van der Waals surface area (Å²) in [4.78, 5) is 11.7. The number of benzene rings is 1. The lowest BCUT2D eigenvalue weighted by Gasteiger charge is -2.36. The summed E-state index contributed by atoms with van der Waals surface area (Å²) < 4.78 is 30.6. The highest BCUT2D eigenvalue weighted by Crippen LogP contribution is 2.19. The fourth-order valence-corrected chi connectivity index (χ4v) is 3.49. The van der Waals surface area contributed by atoms with E-state index in [1.165, 1.54) is 0 Å². The normalized spacial score (nSPS) is 20.2. The summed E-state index contributed by atoms with van der Waals surface area (Å²) in [6, 6.07) is 9.83. The first kappa shape index (κ1) is 18.7. The maximum absolute atomic E-state index is 11.7. The quantitative estimate of drug-likeness (QED) is 0.613. The van der Waals surface area contributed by atoms with Crippen molar-refractivity contribution >= 4 is 16.1 Å². The zero-order valence-electron chi connectivity index (χ0n) is 13.8. The van der Waals surface area contributed by atoms with Crippen LogP contribution in [0.5, 0.6) is 0 Å². The van der Waals surface area contributed by atoms with E-state index in [9.17, 15) is 13.2 Å². The van der Waals surface area contributed by atoms with Crippen LogP contribution in [0.15, 0.2) is 30.3 Å². The molecule has 0 radical (unpaired) electrons. The molecule has 0 spiro atoms. The summed E-state index contributed by atoms with van der Waals surface area (Å²) in [5.74, 6) is 0.0640. The maximum Gasteiger partial charge on any atom is 0.407 e. The molecule has 0 aromatic heterocycles. The van der Waals surface area contributed by atoms with Crippen molar-refractivity contribution in [3.8, 4) is 0 Å². The second-order valence-corrected chi connectivity index (χ2v) is 7.77. The highest BCUT2D eigenvalue weighted by Gasteiger charge is 2.30. The third kappa shape index (κ3) is 6.46. The molecule has 8 heteroatoms. The number of rotatable bonds is 9. The number of carbonyl (C=O) groups excluding carboxylic acids is 1. The van der Waals surface area contributed by atoms with Gasteiger partial charge in [0.1, 0.15) is 6.61 Å². The van der Waals surface area contributed by atoms with Crippen LogP contribution in [0.25, 0.3) is 0 Å². The summed E-state index contributed by atoms with van der Waals surface area (Å²) in [5.41, 5.74) is 0.947. The monoisotopic (exact) mass is 355 g/mol. The maximum atomic E-state index is 11.7. The first-order valence-electron chi connectivity index (χ1n) is 8.16. The Hall–Kier alpha value is -1.64. The van der Waals surface area contributed by atoms with Gasteiger partial charge in [-0.3, -0.25) is 0 Å². The van der Waals surface area contributed by atoms with Gasteiger partial charge in [-0.1, -0.05) is 37.3 Å². The van der Waals surface area contributed by atoms with Crippen molar-refractivity contribution in [2.24, 2.45) is 0 Å². The minimum atomic E-state index is -3.18. The number of sulfonamides is 1. The Morgan fingerprint density at radius 3 is 2.58 bits per heavy atom. The molecule has 1 aromatic rings. The fourth-order valence-electron chi connectivity index (χ4n) is 2.52. The summed E-state index contributed by atoms with van der Waals surface area (Å²) >= 11 is 0. The number of hydrogen-bond acceptors (Lipinski definition) is 5. The van der Waals surface area contributed by atoms with E-state index in [-0.39, 0.29) is 24.4 Å². The molecule has 0 heterocycles. The Labute approximate surface area is 143 Å². The first-order chi connectivity index (χ1) is 11.5. The lowest BCUT2D eigenvalue weighted by atomic mass is 9.87. The van der Waals surface area contributed by atoms with E-state index in [0.717, 1.165) is 18.4 Å². The second-order valence-electron chi connectivity index (χ2n) is 5.84. The van der Waals surface area contributed by atoms with Crippen molar-refractivity contribution in [2.45, 2.75) is 38.5 Å². The van der Waals surface area contributed by atoms with E-state index >= 15 is 0 Å². The largest absolute Gasteiger partial charge is 0.445 e. The van der Waals surface area contributed by atoms with Crippen molar-refractivity contribution < 1.29 is 17.9 Å². The van der Waals surface area contributed by atoms with E-state index in [2.05, 4.69) is 15.4 Å². The minimum Gasteiger partial charge on any atom is -0.445 e. The lowest BCUT2D eigenvalue weighted by Crippen LogP contribution is -2.53. The van der Waals surface area contributed by atoms with Crippen molar-refractivity contribution in [3.05, 3.63) is 35.9 Å². The van der Waals surface area contributed by atoms with Gasteiger partial charge in [0.15, 0.2) is 0 Å². The standard InChI is InChI=1S/C16H25N3O4S/c1-2-18-24(21,22)9-8-17-14-10-15(11-14)19-16(20)23-12-13-6-4-3-5-7-13/h3-7,14-15,17-18H,2,8-12H2,1H3,(H,19,20). The average Bonchev–Trinajstić information content (AvgIpc) is 2.51. The van der Waals surface area contributed by atoms with Crippen molar-refractivity contribution in [2.75, 3.05) is 18.8 Å². The number of ether oxygens (including phenoxy) is 1. The molecule has 0 bridgehead atoms. The molecule has 134 valence electrons. The van der Waals surface area contributed by atoms with E-state index in [4.69, 9.17) is 4.74 Å². The lowest BCUT2D eigenvalue weighted by molar-refractivity contribution is 0.126. The van der Waals surface area contributed by atoms with Crippen molar-refractivity contribution in [3.63, 3.8) is 0 Å². The molecule has 24 heavy (non-hydrogen) atoms. The van der Waals surface area contributed by atoms with Crippen LogP contribution in [0.2, 0.25) is 0 Å². The topological polar surface area (TPSA) is 96.5 Å². The second kappa shape index (κ2) is 9.00. The molecule has 1 amide bonds. The summed E-state index contributed by atoms with van der Waals surface area (Å²) in [6.45, 7) is 2.82. The summed E-state index contributed by atoms with van der Waals surface area (Å²) in [6.07, 6.45) is 1.14.